The van der Waals surface area contributed by atoms with Crippen LogP contribution in [0.15, 0.2) is 41.9 Å². The van der Waals surface area contributed by atoms with Crippen LogP contribution < -0.4 is 4.72 Å². The van der Waals surface area contributed by atoms with E-state index in [0.29, 0.717) is 0 Å². The molecule has 6 heteroatoms. The molecule has 2 aromatic rings. The fraction of sp³-hybridized carbons (Fsp3) is 0.154. The minimum atomic E-state index is -3.42. The maximum Gasteiger partial charge on any atom is 0.234 e. The first-order chi connectivity index (χ1) is 9.05. The number of aromatic nitrogens is 1. The first kappa shape index (κ1) is 13.9. The Morgan fingerprint density at radius 2 is 2.05 bits per heavy atom. The molecule has 1 aromatic heterocycles. The van der Waals surface area contributed by atoms with Crippen LogP contribution in [-0.2, 0) is 16.6 Å². The summed E-state index contributed by atoms with van der Waals surface area (Å²) >= 11 is 1.48. The molecule has 0 aliphatic heterocycles. The zero-order chi connectivity index (χ0) is 13.7. The minimum Gasteiger partial charge on any atom is -0.250 e. The highest BCUT2D eigenvalue weighted by molar-refractivity contribution is 7.92. The molecular weight excluding hydrogens is 280 g/mol. The summed E-state index contributed by atoms with van der Waals surface area (Å²) in [5.74, 6) is 0. The lowest BCUT2D eigenvalue weighted by Crippen LogP contribution is -2.19. The molecule has 0 atom stereocenters. The number of rotatable bonds is 5. The third kappa shape index (κ3) is 4.59. The molecule has 0 unspecified atom stereocenters. The van der Waals surface area contributed by atoms with Crippen molar-refractivity contribution in [3.05, 3.63) is 57.4 Å². The van der Waals surface area contributed by atoms with Crippen molar-refractivity contribution in [1.82, 2.24) is 9.71 Å². The summed E-state index contributed by atoms with van der Waals surface area (Å²) in [6.45, 7) is 2.16. The van der Waals surface area contributed by atoms with Gasteiger partial charge < -0.3 is 0 Å². The van der Waals surface area contributed by atoms with Crippen molar-refractivity contribution in [2.24, 2.45) is 0 Å². The van der Waals surface area contributed by atoms with E-state index in [1.165, 1.54) is 16.7 Å². The summed E-state index contributed by atoms with van der Waals surface area (Å²) in [5, 5.41) is 2.10. The Kier molecular flexibility index (Phi) is 4.47. The second-order valence-electron chi connectivity index (χ2n) is 3.93. The third-order valence-corrected chi connectivity index (χ3v) is 4.31. The van der Waals surface area contributed by atoms with E-state index < -0.39 is 10.0 Å². The summed E-state index contributed by atoms with van der Waals surface area (Å²) in [6, 6.07) is 9.30. The van der Waals surface area contributed by atoms with E-state index in [4.69, 9.17) is 0 Å². The number of nitrogens with zero attached hydrogens (tertiary/aromatic N) is 1. The second kappa shape index (κ2) is 6.10. The smallest absolute Gasteiger partial charge is 0.234 e. The van der Waals surface area contributed by atoms with E-state index in [1.54, 1.807) is 12.3 Å². The van der Waals surface area contributed by atoms with Gasteiger partial charge in [-0.2, -0.15) is 0 Å². The SMILES string of the molecule is Cc1ncc(CNS(=O)(=O)C=Cc2ccccc2)s1. The van der Waals surface area contributed by atoms with Crippen molar-refractivity contribution in [2.45, 2.75) is 13.5 Å². The van der Waals surface area contributed by atoms with Gasteiger partial charge in [-0.1, -0.05) is 30.3 Å². The van der Waals surface area contributed by atoms with Crippen molar-refractivity contribution in [3.8, 4) is 0 Å². The molecular formula is C13H14N2O2S2. The summed E-state index contributed by atoms with van der Waals surface area (Å²) in [5.41, 5.74) is 0.849. The Bertz CT molecular complexity index is 661. The van der Waals surface area contributed by atoms with E-state index in [0.717, 1.165) is 15.4 Å². The van der Waals surface area contributed by atoms with E-state index in [2.05, 4.69) is 9.71 Å². The Morgan fingerprint density at radius 3 is 2.68 bits per heavy atom. The number of sulfonamides is 1. The molecule has 19 heavy (non-hydrogen) atoms. The van der Waals surface area contributed by atoms with Crippen molar-refractivity contribution in [2.75, 3.05) is 0 Å². The number of hydrogen-bond acceptors (Lipinski definition) is 4. The van der Waals surface area contributed by atoms with Crippen LogP contribution in [0.3, 0.4) is 0 Å². The molecule has 0 fully saturated rings. The Labute approximate surface area is 116 Å². The van der Waals surface area contributed by atoms with Gasteiger partial charge in [-0.25, -0.2) is 18.1 Å². The zero-order valence-electron chi connectivity index (χ0n) is 10.4. The summed E-state index contributed by atoms with van der Waals surface area (Å²) < 4.78 is 26.1. The molecule has 1 N–H and O–H groups in total. The highest BCUT2D eigenvalue weighted by Gasteiger charge is 2.06. The topological polar surface area (TPSA) is 59.1 Å². The van der Waals surface area contributed by atoms with Crippen LogP contribution >= 0.6 is 11.3 Å². The van der Waals surface area contributed by atoms with E-state index in [-0.39, 0.29) is 6.54 Å². The highest BCUT2D eigenvalue weighted by Crippen LogP contribution is 2.11. The van der Waals surface area contributed by atoms with Crippen molar-refractivity contribution < 1.29 is 8.42 Å². The monoisotopic (exact) mass is 294 g/mol. The van der Waals surface area contributed by atoms with Crippen LogP contribution in [0.25, 0.3) is 6.08 Å². The van der Waals surface area contributed by atoms with E-state index in [9.17, 15) is 8.42 Å². The number of benzene rings is 1. The average Bonchev–Trinajstić information content (AvgIpc) is 2.82. The van der Waals surface area contributed by atoms with Gasteiger partial charge in [0.2, 0.25) is 10.0 Å². The van der Waals surface area contributed by atoms with Crippen LogP contribution in [0.4, 0.5) is 0 Å². The van der Waals surface area contributed by atoms with Crippen molar-refractivity contribution in [3.63, 3.8) is 0 Å². The zero-order valence-corrected chi connectivity index (χ0v) is 12.0. The van der Waals surface area contributed by atoms with Gasteiger partial charge in [-0.3, -0.25) is 0 Å². The predicted molar refractivity (Wildman–Crippen MR) is 78.1 cm³/mol. The lowest BCUT2D eigenvalue weighted by atomic mass is 10.2. The molecule has 1 heterocycles. The van der Waals surface area contributed by atoms with Gasteiger partial charge in [0.25, 0.3) is 0 Å². The van der Waals surface area contributed by atoms with E-state index in [1.807, 2.05) is 37.3 Å². The maximum atomic E-state index is 11.8. The Hall–Kier alpha value is -1.50. The molecule has 0 amide bonds. The largest absolute Gasteiger partial charge is 0.250 e. The molecule has 0 saturated heterocycles. The quantitative estimate of drug-likeness (QED) is 0.922. The number of nitrogens with one attached hydrogen (secondary N) is 1. The molecule has 0 radical (unpaired) electrons. The maximum absolute atomic E-state index is 11.8. The molecule has 0 spiro atoms. The van der Waals surface area contributed by atoms with Crippen LogP contribution in [0.5, 0.6) is 0 Å². The number of aryl methyl sites for hydroxylation is 1. The first-order valence-electron chi connectivity index (χ1n) is 5.69. The van der Waals surface area contributed by atoms with Crippen LogP contribution in [0.2, 0.25) is 0 Å². The van der Waals surface area contributed by atoms with Crippen LogP contribution in [0, 0.1) is 6.92 Å². The van der Waals surface area contributed by atoms with Gasteiger partial charge in [0.1, 0.15) is 0 Å². The number of thiazole rings is 1. The summed E-state index contributed by atoms with van der Waals surface area (Å²) in [7, 11) is -3.42. The fourth-order valence-electron chi connectivity index (χ4n) is 1.44. The lowest BCUT2D eigenvalue weighted by Gasteiger charge is -2.00. The molecule has 0 aliphatic carbocycles. The van der Waals surface area contributed by atoms with Gasteiger partial charge in [-0.05, 0) is 18.6 Å². The summed E-state index contributed by atoms with van der Waals surface area (Å²) in [6.07, 6.45) is 3.25. The highest BCUT2D eigenvalue weighted by atomic mass is 32.2. The van der Waals surface area contributed by atoms with Gasteiger partial charge >= 0.3 is 0 Å². The summed E-state index contributed by atoms with van der Waals surface area (Å²) in [4.78, 5) is 4.97. The molecule has 0 aliphatic rings. The first-order valence-corrected chi connectivity index (χ1v) is 8.05. The van der Waals surface area contributed by atoms with Crippen molar-refractivity contribution >= 4 is 27.4 Å². The molecule has 1 aromatic carbocycles. The third-order valence-electron chi connectivity index (χ3n) is 2.36. The number of hydrogen-bond donors (Lipinski definition) is 1. The lowest BCUT2D eigenvalue weighted by molar-refractivity contribution is 0.591. The molecule has 0 bridgehead atoms. The normalized spacial score (nSPS) is 12.1. The standard InChI is InChI=1S/C13H14N2O2S2/c1-11-14-9-13(18-11)10-15-19(16,17)8-7-12-5-3-2-4-6-12/h2-9,15H,10H2,1H3. The van der Waals surface area contributed by atoms with Crippen molar-refractivity contribution in [1.29, 1.82) is 0 Å². The van der Waals surface area contributed by atoms with E-state index >= 15 is 0 Å². The predicted octanol–water partition coefficient (Wildman–Crippen LogP) is 2.54. The molecule has 4 nitrogen and oxygen atoms in total. The van der Waals surface area contributed by atoms with Gasteiger partial charge in [0.05, 0.1) is 5.01 Å². The van der Waals surface area contributed by atoms with Crippen LogP contribution in [0.1, 0.15) is 15.4 Å². The molecule has 2 rings (SSSR count). The van der Waals surface area contributed by atoms with Gasteiger partial charge in [0.15, 0.2) is 0 Å². The molecule has 0 saturated carbocycles. The fourth-order valence-corrected chi connectivity index (χ4v) is 3.05. The van der Waals surface area contributed by atoms with Crippen LogP contribution in [-0.4, -0.2) is 13.4 Å². The Morgan fingerprint density at radius 1 is 1.32 bits per heavy atom. The van der Waals surface area contributed by atoms with Gasteiger partial charge in [-0.15, -0.1) is 11.3 Å². The molecule has 100 valence electrons. The van der Waals surface area contributed by atoms with Gasteiger partial charge in [0, 0.05) is 23.0 Å². The minimum absolute atomic E-state index is 0.271. The second-order valence-corrected chi connectivity index (χ2v) is 6.90. The average molecular weight is 294 g/mol. The Balaban J connectivity index is 1.97.